The van der Waals surface area contributed by atoms with Crippen LogP contribution >= 0.6 is 12.2 Å². The van der Waals surface area contributed by atoms with Gasteiger partial charge in [-0.25, -0.2) is 4.98 Å². The molecular formula is C13H19N3S. The lowest BCUT2D eigenvalue weighted by Crippen LogP contribution is -2.19. The van der Waals surface area contributed by atoms with Gasteiger partial charge in [0.2, 0.25) is 0 Å². The summed E-state index contributed by atoms with van der Waals surface area (Å²) in [6, 6.07) is 4.05. The van der Waals surface area contributed by atoms with Crippen LogP contribution in [0, 0.1) is 17.1 Å². The molecule has 17 heavy (non-hydrogen) atoms. The van der Waals surface area contributed by atoms with E-state index in [-0.39, 0.29) is 5.41 Å². The fourth-order valence-electron chi connectivity index (χ4n) is 1.81. The number of nitrogens with one attached hydrogen (secondary N) is 1. The number of nitrogens with zero attached hydrogens (tertiary/aromatic N) is 2. The van der Waals surface area contributed by atoms with Crippen molar-refractivity contribution in [3.63, 3.8) is 0 Å². The minimum Gasteiger partial charge on any atom is -0.329 e. The normalized spacial score (nSPS) is 12.2. The van der Waals surface area contributed by atoms with Gasteiger partial charge in [0.25, 0.3) is 0 Å². The molecule has 0 saturated carbocycles. The molecule has 2 aromatic heterocycles. The molecule has 0 aromatic carbocycles. The van der Waals surface area contributed by atoms with E-state index >= 15 is 0 Å². The third-order valence-electron chi connectivity index (χ3n) is 3.30. The minimum atomic E-state index is 0.235. The molecule has 0 unspecified atom stereocenters. The smallest absolute Gasteiger partial charge is 0.179 e. The third-order valence-corrected chi connectivity index (χ3v) is 3.62. The second-order valence-corrected chi connectivity index (χ2v) is 5.74. The number of fused-ring (bicyclic) bond motifs is 1. The summed E-state index contributed by atoms with van der Waals surface area (Å²) in [5.74, 6) is 0. The molecule has 0 aliphatic heterocycles. The Morgan fingerprint density at radius 3 is 2.76 bits per heavy atom. The summed E-state index contributed by atoms with van der Waals surface area (Å²) in [6.07, 6.45) is 1.12. The fraction of sp³-hybridized carbons (Fsp3) is 0.538. The Labute approximate surface area is 107 Å². The van der Waals surface area contributed by atoms with Gasteiger partial charge < -0.3 is 9.55 Å². The van der Waals surface area contributed by atoms with E-state index in [4.69, 9.17) is 12.2 Å². The molecular weight excluding hydrogens is 230 g/mol. The number of H-pyrrole nitrogens is 1. The number of aromatic nitrogens is 3. The standard InChI is InChI=1S/C13H19N3S/c1-5-13(3,4)8-16-11-10(15-12(16)17)7-6-9(2)14-11/h6-7H,5,8H2,1-4H3,(H,15,17). The Morgan fingerprint density at radius 1 is 1.41 bits per heavy atom. The van der Waals surface area contributed by atoms with Crippen molar-refractivity contribution in [3.05, 3.63) is 22.6 Å². The van der Waals surface area contributed by atoms with E-state index in [9.17, 15) is 0 Å². The second-order valence-electron chi connectivity index (χ2n) is 5.36. The van der Waals surface area contributed by atoms with Crippen LogP contribution in [0.4, 0.5) is 0 Å². The van der Waals surface area contributed by atoms with Crippen molar-refractivity contribution in [2.75, 3.05) is 0 Å². The van der Waals surface area contributed by atoms with E-state index in [0.29, 0.717) is 0 Å². The summed E-state index contributed by atoms with van der Waals surface area (Å²) in [5.41, 5.74) is 3.25. The highest BCUT2D eigenvalue weighted by Gasteiger charge is 2.18. The van der Waals surface area contributed by atoms with Crippen molar-refractivity contribution < 1.29 is 0 Å². The first-order valence-electron chi connectivity index (χ1n) is 5.99. The minimum absolute atomic E-state index is 0.235. The van der Waals surface area contributed by atoms with Gasteiger partial charge in [-0.15, -0.1) is 0 Å². The number of hydrogen-bond acceptors (Lipinski definition) is 2. The molecule has 0 amide bonds. The van der Waals surface area contributed by atoms with Crippen molar-refractivity contribution in [2.45, 2.75) is 40.7 Å². The Balaban J connectivity index is 2.56. The van der Waals surface area contributed by atoms with Crippen LogP contribution in [0.5, 0.6) is 0 Å². The quantitative estimate of drug-likeness (QED) is 0.838. The summed E-state index contributed by atoms with van der Waals surface area (Å²) in [6.45, 7) is 9.62. The van der Waals surface area contributed by atoms with Crippen LogP contribution in [0.1, 0.15) is 32.9 Å². The predicted molar refractivity (Wildman–Crippen MR) is 73.7 cm³/mol. The molecule has 2 rings (SSSR count). The zero-order chi connectivity index (χ0) is 12.6. The first-order chi connectivity index (χ1) is 7.93. The molecule has 4 heteroatoms. The molecule has 1 N–H and O–H groups in total. The van der Waals surface area contributed by atoms with Crippen molar-refractivity contribution in [1.29, 1.82) is 0 Å². The average Bonchev–Trinajstić information content (AvgIpc) is 2.56. The van der Waals surface area contributed by atoms with Crippen LogP contribution in [-0.2, 0) is 6.54 Å². The second kappa shape index (κ2) is 4.26. The predicted octanol–water partition coefficient (Wildman–Crippen LogP) is 3.84. The zero-order valence-electron chi connectivity index (χ0n) is 10.9. The first-order valence-corrected chi connectivity index (χ1v) is 6.40. The van der Waals surface area contributed by atoms with Crippen molar-refractivity contribution in [2.24, 2.45) is 5.41 Å². The molecule has 2 aromatic rings. The summed E-state index contributed by atoms with van der Waals surface area (Å²) < 4.78 is 2.88. The van der Waals surface area contributed by atoms with E-state index in [2.05, 4.69) is 35.3 Å². The highest BCUT2D eigenvalue weighted by Crippen LogP contribution is 2.24. The molecule has 0 aliphatic carbocycles. The lowest BCUT2D eigenvalue weighted by molar-refractivity contribution is 0.296. The molecule has 92 valence electrons. The largest absolute Gasteiger partial charge is 0.329 e. The number of rotatable bonds is 3. The van der Waals surface area contributed by atoms with Gasteiger partial charge in [-0.3, -0.25) is 0 Å². The number of aryl methyl sites for hydroxylation is 1. The van der Waals surface area contributed by atoms with Crippen LogP contribution in [0.15, 0.2) is 12.1 Å². The van der Waals surface area contributed by atoms with Crippen molar-refractivity contribution >= 4 is 23.4 Å². The highest BCUT2D eigenvalue weighted by atomic mass is 32.1. The maximum absolute atomic E-state index is 5.38. The Morgan fingerprint density at radius 2 is 2.12 bits per heavy atom. The van der Waals surface area contributed by atoms with Crippen molar-refractivity contribution in [1.82, 2.24) is 14.5 Å². The first kappa shape index (κ1) is 12.3. The number of hydrogen-bond donors (Lipinski definition) is 1. The van der Waals surface area contributed by atoms with Crippen LogP contribution in [0.3, 0.4) is 0 Å². The molecule has 0 radical (unpaired) electrons. The Bertz CT molecular complexity index is 592. The van der Waals surface area contributed by atoms with E-state index in [1.807, 2.05) is 19.1 Å². The molecule has 0 spiro atoms. The van der Waals surface area contributed by atoms with Crippen LogP contribution < -0.4 is 0 Å². The van der Waals surface area contributed by atoms with Crippen LogP contribution in [0.25, 0.3) is 11.2 Å². The maximum atomic E-state index is 5.38. The lowest BCUT2D eigenvalue weighted by atomic mass is 9.90. The third kappa shape index (κ3) is 2.41. The van der Waals surface area contributed by atoms with E-state index < -0.39 is 0 Å². The monoisotopic (exact) mass is 249 g/mol. The number of aromatic amines is 1. The van der Waals surface area contributed by atoms with Crippen LogP contribution in [0.2, 0.25) is 0 Å². The Kier molecular flexibility index (Phi) is 3.08. The van der Waals surface area contributed by atoms with E-state index in [1.165, 1.54) is 0 Å². The van der Waals surface area contributed by atoms with Crippen molar-refractivity contribution in [3.8, 4) is 0 Å². The van der Waals surface area contributed by atoms with Gasteiger partial charge in [0, 0.05) is 12.2 Å². The van der Waals surface area contributed by atoms with E-state index in [0.717, 1.165) is 34.6 Å². The molecule has 0 saturated heterocycles. The van der Waals surface area contributed by atoms with Gasteiger partial charge in [0.15, 0.2) is 10.4 Å². The summed E-state index contributed by atoms with van der Waals surface area (Å²) in [5, 5.41) is 0. The van der Waals surface area contributed by atoms with Gasteiger partial charge in [-0.05, 0) is 43.1 Å². The molecule has 3 nitrogen and oxygen atoms in total. The summed E-state index contributed by atoms with van der Waals surface area (Å²) in [4.78, 5) is 7.80. The molecule has 0 atom stereocenters. The molecule has 0 fully saturated rings. The van der Waals surface area contributed by atoms with Gasteiger partial charge in [-0.2, -0.15) is 0 Å². The van der Waals surface area contributed by atoms with Gasteiger partial charge in [0.05, 0.1) is 5.52 Å². The zero-order valence-corrected chi connectivity index (χ0v) is 11.7. The van der Waals surface area contributed by atoms with Gasteiger partial charge in [0.1, 0.15) is 0 Å². The summed E-state index contributed by atoms with van der Waals surface area (Å²) >= 11 is 5.38. The summed E-state index contributed by atoms with van der Waals surface area (Å²) in [7, 11) is 0. The molecule has 2 heterocycles. The lowest BCUT2D eigenvalue weighted by Gasteiger charge is -2.23. The maximum Gasteiger partial charge on any atom is 0.179 e. The Hall–Kier alpha value is -1.16. The molecule has 0 aliphatic rings. The average molecular weight is 249 g/mol. The SMILES string of the molecule is CCC(C)(C)Cn1c(=S)[nH]c2ccc(C)nc21. The molecule has 0 bridgehead atoms. The highest BCUT2D eigenvalue weighted by molar-refractivity contribution is 7.71. The fourth-order valence-corrected chi connectivity index (χ4v) is 2.07. The number of imidazole rings is 1. The van der Waals surface area contributed by atoms with E-state index in [1.54, 1.807) is 0 Å². The number of pyridine rings is 1. The van der Waals surface area contributed by atoms with Gasteiger partial charge in [-0.1, -0.05) is 20.8 Å². The van der Waals surface area contributed by atoms with Crippen LogP contribution in [-0.4, -0.2) is 14.5 Å². The topological polar surface area (TPSA) is 33.6 Å². The van der Waals surface area contributed by atoms with Gasteiger partial charge >= 0.3 is 0 Å².